The zero-order valence-electron chi connectivity index (χ0n) is 58.3. The van der Waals surface area contributed by atoms with Gasteiger partial charge in [0.2, 0.25) is 0 Å². The first-order valence-electron chi connectivity index (χ1n) is 33.9. The van der Waals surface area contributed by atoms with Crippen molar-refractivity contribution in [1.82, 2.24) is 0 Å². The van der Waals surface area contributed by atoms with Crippen LogP contribution in [0.4, 0.5) is 34.1 Å². The maximum absolute atomic E-state index is 2.43. The summed E-state index contributed by atoms with van der Waals surface area (Å²) in [6.45, 7) is 36.9. The first kappa shape index (κ1) is 63.3. The molecule has 2 aliphatic carbocycles. The molecule has 11 aromatic carbocycles. The molecule has 0 heterocycles. The molecule has 11 aromatic rings. The van der Waals surface area contributed by atoms with Crippen LogP contribution in [0.3, 0.4) is 0 Å². The fraction of sp³-hybridized carbons (Fsp3) is 0.239. The molecule has 0 amide bonds. The van der Waals surface area contributed by atoms with Gasteiger partial charge in [-0.05, 0) is 206 Å². The Kier molecular flexibility index (Phi) is 16.0. The van der Waals surface area contributed by atoms with E-state index in [1.807, 2.05) is 0 Å². The highest BCUT2D eigenvalue weighted by molar-refractivity contribution is 5.89. The Morgan fingerprint density at radius 1 is 0.223 bits per heavy atom. The number of nitrogens with zero attached hydrogens (tertiary/aromatic N) is 2. The molecule has 0 fully saturated rings. The molecule has 470 valence electrons. The van der Waals surface area contributed by atoms with E-state index in [0.717, 1.165) is 22.7 Å². The zero-order valence-corrected chi connectivity index (χ0v) is 58.3. The second kappa shape index (κ2) is 23.8. The third-order valence-corrected chi connectivity index (χ3v) is 20.2. The fourth-order valence-electron chi connectivity index (χ4n) is 14.1. The van der Waals surface area contributed by atoms with E-state index in [-0.39, 0.29) is 32.5 Å². The molecule has 0 aromatic heterocycles. The lowest BCUT2D eigenvalue weighted by atomic mass is 9.81. The standard InChI is InChI=1S/C92H92N2/c1-87(2,3)69-35-43-73(44-36-69)93(74-45-37-70(38-46-74)88(4,5)6)77-51-55-81-79-53-25-63(57-83(79)91(13,14)85(81)59-77)19-17-61-21-27-65(28-22-61)67-31-33-68(34-32-67)66-29-23-62(24-30-66)18-20-64-26-54-80-82-56-52-78(60-86(82)92(15,16)84(80)58-64)94(75-47-39-71(40-48-75)89(7,8)9)76-49-41-72(42-50-76)90(10,11)12/h17-60H,1-16H3. The molecule has 2 nitrogen and oxygen atoms in total. The van der Waals surface area contributed by atoms with Crippen molar-refractivity contribution in [3.63, 3.8) is 0 Å². The molecule has 0 unspecified atom stereocenters. The quantitative estimate of drug-likeness (QED) is 0.113. The van der Waals surface area contributed by atoms with Crippen LogP contribution < -0.4 is 9.80 Å². The molecule has 0 bridgehead atoms. The van der Waals surface area contributed by atoms with Gasteiger partial charge in [-0.1, -0.05) is 305 Å². The summed E-state index contributed by atoms with van der Waals surface area (Å²) < 4.78 is 0. The molecule has 13 rings (SSSR count). The van der Waals surface area contributed by atoms with E-state index in [0.29, 0.717) is 0 Å². The maximum Gasteiger partial charge on any atom is 0.0465 e. The molecule has 0 spiro atoms. The van der Waals surface area contributed by atoms with Crippen molar-refractivity contribution in [2.45, 2.75) is 143 Å². The van der Waals surface area contributed by atoms with Gasteiger partial charge in [-0.3, -0.25) is 0 Å². The van der Waals surface area contributed by atoms with Crippen molar-refractivity contribution in [2.75, 3.05) is 9.80 Å². The molecular weight excluding hydrogens is 1130 g/mol. The summed E-state index contributed by atoms with van der Waals surface area (Å²) in [4.78, 5) is 4.84. The summed E-state index contributed by atoms with van der Waals surface area (Å²) in [5, 5.41) is 0. The van der Waals surface area contributed by atoms with Crippen molar-refractivity contribution in [2.24, 2.45) is 0 Å². The summed E-state index contributed by atoms with van der Waals surface area (Å²) in [7, 11) is 0. The van der Waals surface area contributed by atoms with Crippen molar-refractivity contribution >= 4 is 58.4 Å². The van der Waals surface area contributed by atoms with Crippen LogP contribution in [-0.4, -0.2) is 0 Å². The van der Waals surface area contributed by atoms with Crippen LogP contribution in [0.1, 0.15) is 178 Å². The lowest BCUT2D eigenvalue weighted by Crippen LogP contribution is -2.17. The van der Waals surface area contributed by atoms with Crippen LogP contribution in [0.5, 0.6) is 0 Å². The Balaban J connectivity index is 0.663. The van der Waals surface area contributed by atoms with Crippen molar-refractivity contribution in [3.05, 3.63) is 309 Å². The SMILES string of the molecule is CC(C)(C)c1ccc(N(c2ccc(C(C)(C)C)cc2)c2ccc3c(c2)C(C)(C)c2cc(C=Cc4ccc(-c5ccc(-c6ccc(C=Cc7ccc8c(c7)C(C)(C)c7cc(N(c9ccc(C(C)(C)C)cc9)c9ccc(C(C)(C)C)cc9)ccc7-8)cc6)cc5)cc4)ccc2-3)cc1. The van der Waals surface area contributed by atoms with Crippen LogP contribution in [0, 0.1) is 0 Å². The molecule has 0 radical (unpaired) electrons. The van der Waals surface area contributed by atoms with E-state index in [1.54, 1.807) is 0 Å². The molecule has 2 heteroatoms. The number of fused-ring (bicyclic) bond motifs is 6. The van der Waals surface area contributed by atoms with E-state index < -0.39 is 0 Å². The van der Waals surface area contributed by atoms with Gasteiger partial charge in [0.25, 0.3) is 0 Å². The lowest BCUT2D eigenvalue weighted by molar-refractivity contribution is 0.590. The maximum atomic E-state index is 2.43. The van der Waals surface area contributed by atoms with Gasteiger partial charge >= 0.3 is 0 Å². The molecular formula is C92H92N2. The number of hydrogen-bond acceptors (Lipinski definition) is 2. The predicted octanol–water partition coefficient (Wildman–Crippen LogP) is 26.1. The minimum Gasteiger partial charge on any atom is -0.310 e. The number of benzene rings is 11. The summed E-state index contributed by atoms with van der Waals surface area (Å²) in [6, 6.07) is 91.6. The summed E-state index contributed by atoms with van der Waals surface area (Å²) in [5.41, 5.74) is 32.5. The van der Waals surface area contributed by atoms with Gasteiger partial charge in [-0.25, -0.2) is 0 Å². The molecule has 0 aliphatic heterocycles. The van der Waals surface area contributed by atoms with Crippen LogP contribution in [0.15, 0.2) is 243 Å². The molecule has 0 N–H and O–H groups in total. The third-order valence-electron chi connectivity index (χ3n) is 20.2. The predicted molar refractivity (Wildman–Crippen MR) is 407 cm³/mol. The van der Waals surface area contributed by atoms with E-state index in [9.17, 15) is 0 Å². The third kappa shape index (κ3) is 12.4. The van der Waals surface area contributed by atoms with Gasteiger partial charge in [0.05, 0.1) is 0 Å². The van der Waals surface area contributed by atoms with Crippen LogP contribution >= 0.6 is 0 Å². The smallest absolute Gasteiger partial charge is 0.0465 e. The summed E-state index contributed by atoms with van der Waals surface area (Å²) in [6.07, 6.45) is 9.00. The first-order chi connectivity index (χ1) is 44.6. The van der Waals surface area contributed by atoms with Crippen LogP contribution in [0.25, 0.3) is 68.8 Å². The lowest BCUT2D eigenvalue weighted by Gasteiger charge is -2.29. The number of anilines is 6. The monoisotopic (exact) mass is 1220 g/mol. The van der Waals surface area contributed by atoms with Crippen molar-refractivity contribution in [1.29, 1.82) is 0 Å². The van der Waals surface area contributed by atoms with Gasteiger partial charge < -0.3 is 9.80 Å². The highest BCUT2D eigenvalue weighted by Gasteiger charge is 2.38. The normalized spacial score (nSPS) is 14.0. The summed E-state index contributed by atoms with van der Waals surface area (Å²) >= 11 is 0. The highest BCUT2D eigenvalue weighted by Crippen LogP contribution is 2.53. The Labute approximate surface area is 562 Å². The Hall–Kier alpha value is -9.50. The minimum atomic E-state index is -0.183. The van der Waals surface area contributed by atoms with E-state index >= 15 is 0 Å². The van der Waals surface area contributed by atoms with Crippen molar-refractivity contribution in [3.8, 4) is 44.5 Å². The number of rotatable bonds is 12. The van der Waals surface area contributed by atoms with Crippen LogP contribution in [0.2, 0.25) is 0 Å². The van der Waals surface area contributed by atoms with Gasteiger partial charge in [-0.15, -0.1) is 0 Å². The molecule has 2 aliphatic rings. The van der Waals surface area contributed by atoms with Gasteiger partial charge in [0, 0.05) is 45.0 Å². The Morgan fingerprint density at radius 2 is 0.426 bits per heavy atom. The summed E-state index contributed by atoms with van der Waals surface area (Å²) in [5.74, 6) is 0. The molecule has 94 heavy (non-hydrogen) atoms. The van der Waals surface area contributed by atoms with Crippen molar-refractivity contribution < 1.29 is 0 Å². The van der Waals surface area contributed by atoms with E-state index in [1.165, 1.54) is 123 Å². The average Bonchev–Trinajstić information content (AvgIpc) is 1.57. The fourth-order valence-corrected chi connectivity index (χ4v) is 14.1. The number of hydrogen-bond donors (Lipinski definition) is 0. The topological polar surface area (TPSA) is 6.48 Å². The van der Waals surface area contributed by atoms with E-state index in [4.69, 9.17) is 0 Å². The molecule has 0 atom stereocenters. The molecule has 0 saturated carbocycles. The van der Waals surface area contributed by atoms with Gasteiger partial charge in [-0.2, -0.15) is 0 Å². The van der Waals surface area contributed by atoms with Gasteiger partial charge in [0.1, 0.15) is 0 Å². The zero-order chi connectivity index (χ0) is 66.3. The largest absolute Gasteiger partial charge is 0.310 e. The highest BCUT2D eigenvalue weighted by atomic mass is 15.1. The average molecular weight is 1230 g/mol. The minimum absolute atomic E-state index is 0.0766. The van der Waals surface area contributed by atoms with Crippen LogP contribution in [-0.2, 0) is 32.5 Å². The second-order valence-corrected chi connectivity index (χ2v) is 31.7. The molecule has 0 saturated heterocycles. The Bertz CT molecular complexity index is 4240. The second-order valence-electron chi connectivity index (χ2n) is 31.7. The van der Waals surface area contributed by atoms with Gasteiger partial charge in [0.15, 0.2) is 0 Å². The van der Waals surface area contributed by atoms with E-state index in [2.05, 4.69) is 388 Å². The Morgan fingerprint density at radius 3 is 0.681 bits per heavy atom. The first-order valence-corrected chi connectivity index (χ1v) is 33.9.